The van der Waals surface area contributed by atoms with Crippen LogP contribution in [0.3, 0.4) is 0 Å². The van der Waals surface area contributed by atoms with Crippen LogP contribution in [0.2, 0.25) is 5.02 Å². The van der Waals surface area contributed by atoms with Crippen LogP contribution in [-0.2, 0) is 0 Å². The Bertz CT molecular complexity index is 1330. The van der Waals surface area contributed by atoms with Gasteiger partial charge in [-0.1, -0.05) is 41.4 Å². The molecule has 0 saturated carbocycles. The van der Waals surface area contributed by atoms with Crippen molar-refractivity contribution in [2.24, 2.45) is 0 Å². The summed E-state index contributed by atoms with van der Waals surface area (Å²) in [6.07, 6.45) is 4.86. The molecule has 0 saturated heterocycles. The SMILES string of the molecule is Cc1ccc2c(c1)C1=C([C@H](c3cccnc3)n3ncnc3N1)[C@@H](c1cccc(Cl)c1)O2. The van der Waals surface area contributed by atoms with Crippen molar-refractivity contribution in [3.8, 4) is 5.75 Å². The minimum Gasteiger partial charge on any atom is -0.480 e. The van der Waals surface area contributed by atoms with Gasteiger partial charge in [0.2, 0.25) is 5.95 Å². The van der Waals surface area contributed by atoms with Gasteiger partial charge in [-0.3, -0.25) is 4.98 Å². The number of hydrogen-bond donors (Lipinski definition) is 1. The van der Waals surface area contributed by atoms with Crippen LogP contribution in [0.1, 0.15) is 34.4 Å². The van der Waals surface area contributed by atoms with Gasteiger partial charge >= 0.3 is 0 Å². The zero-order valence-electron chi connectivity index (χ0n) is 16.7. The van der Waals surface area contributed by atoms with Crippen LogP contribution >= 0.6 is 11.6 Å². The smallest absolute Gasteiger partial charge is 0.226 e. The first-order valence-electron chi connectivity index (χ1n) is 10.0. The maximum Gasteiger partial charge on any atom is 0.226 e. The molecule has 0 unspecified atom stereocenters. The van der Waals surface area contributed by atoms with Crippen molar-refractivity contribution in [1.29, 1.82) is 0 Å². The van der Waals surface area contributed by atoms with Gasteiger partial charge in [0.15, 0.2) is 0 Å². The summed E-state index contributed by atoms with van der Waals surface area (Å²) in [6, 6.07) is 17.8. The summed E-state index contributed by atoms with van der Waals surface area (Å²) in [5.74, 6) is 1.51. The van der Waals surface area contributed by atoms with Gasteiger partial charge in [0, 0.05) is 28.6 Å². The zero-order valence-corrected chi connectivity index (χ0v) is 17.4. The van der Waals surface area contributed by atoms with E-state index in [-0.39, 0.29) is 12.1 Å². The predicted molar refractivity (Wildman–Crippen MR) is 119 cm³/mol. The van der Waals surface area contributed by atoms with Crippen molar-refractivity contribution in [1.82, 2.24) is 19.7 Å². The maximum absolute atomic E-state index is 6.60. The molecule has 0 bridgehead atoms. The Kier molecular flexibility index (Phi) is 4.07. The highest BCUT2D eigenvalue weighted by atomic mass is 35.5. The molecule has 152 valence electrons. The molecule has 6 nitrogen and oxygen atoms in total. The van der Waals surface area contributed by atoms with Crippen molar-refractivity contribution in [3.63, 3.8) is 0 Å². The molecule has 0 aliphatic carbocycles. The van der Waals surface area contributed by atoms with Crippen LogP contribution in [0, 0.1) is 6.92 Å². The van der Waals surface area contributed by atoms with E-state index in [0.29, 0.717) is 11.0 Å². The lowest BCUT2D eigenvalue weighted by molar-refractivity contribution is 0.223. The lowest BCUT2D eigenvalue weighted by atomic mass is 9.85. The summed E-state index contributed by atoms with van der Waals surface area (Å²) in [7, 11) is 0. The van der Waals surface area contributed by atoms with Gasteiger partial charge in [-0.2, -0.15) is 10.1 Å². The average Bonchev–Trinajstić information content (AvgIpc) is 3.26. The minimum absolute atomic E-state index is 0.222. The summed E-state index contributed by atoms with van der Waals surface area (Å²) in [5.41, 5.74) is 6.19. The van der Waals surface area contributed by atoms with Crippen LogP contribution in [0.15, 0.2) is 78.9 Å². The van der Waals surface area contributed by atoms with Crippen molar-refractivity contribution in [2.45, 2.75) is 19.1 Å². The fourth-order valence-electron chi connectivity index (χ4n) is 4.39. The highest BCUT2D eigenvalue weighted by Gasteiger charge is 2.41. The molecular formula is C24H18ClN5O. The number of aryl methyl sites for hydroxylation is 1. The first-order valence-corrected chi connectivity index (χ1v) is 10.4. The van der Waals surface area contributed by atoms with Crippen LogP contribution in [0.25, 0.3) is 5.70 Å². The third-order valence-electron chi connectivity index (χ3n) is 5.72. The number of anilines is 1. The molecule has 0 amide bonds. The van der Waals surface area contributed by atoms with Gasteiger partial charge in [-0.05, 0) is 48.4 Å². The molecule has 0 radical (unpaired) electrons. The lowest BCUT2D eigenvalue weighted by Gasteiger charge is -2.39. The molecule has 1 N–H and O–H groups in total. The van der Waals surface area contributed by atoms with Crippen LogP contribution in [0.5, 0.6) is 5.75 Å². The van der Waals surface area contributed by atoms with Crippen molar-refractivity contribution in [3.05, 3.63) is 106 Å². The van der Waals surface area contributed by atoms with Crippen LogP contribution in [-0.4, -0.2) is 19.7 Å². The Morgan fingerprint density at radius 2 is 1.97 bits per heavy atom. The Morgan fingerprint density at radius 1 is 1.06 bits per heavy atom. The lowest BCUT2D eigenvalue weighted by Crippen LogP contribution is -2.32. The second kappa shape index (κ2) is 6.96. The Hall–Kier alpha value is -3.64. The number of halogens is 1. The average molecular weight is 428 g/mol. The number of ether oxygens (including phenoxy) is 1. The predicted octanol–water partition coefficient (Wildman–Crippen LogP) is 5.19. The number of pyridine rings is 1. The van der Waals surface area contributed by atoms with Crippen molar-refractivity contribution in [2.75, 3.05) is 5.32 Å². The summed E-state index contributed by atoms with van der Waals surface area (Å²) in [5, 5.41) is 8.70. The van der Waals surface area contributed by atoms with Gasteiger partial charge in [-0.25, -0.2) is 4.68 Å². The highest BCUT2D eigenvalue weighted by molar-refractivity contribution is 6.30. The van der Waals surface area contributed by atoms with Crippen molar-refractivity contribution >= 4 is 23.2 Å². The molecule has 2 atom stereocenters. The molecule has 2 aromatic heterocycles. The molecule has 4 heterocycles. The second-order valence-corrected chi connectivity index (χ2v) is 8.16. The second-order valence-electron chi connectivity index (χ2n) is 7.72. The zero-order chi connectivity index (χ0) is 20.9. The molecule has 2 aliphatic heterocycles. The summed E-state index contributed by atoms with van der Waals surface area (Å²) >= 11 is 6.35. The molecule has 0 fully saturated rings. The first-order chi connectivity index (χ1) is 15.2. The number of fused-ring (bicyclic) bond motifs is 3. The molecule has 7 heteroatoms. The largest absolute Gasteiger partial charge is 0.480 e. The van der Waals surface area contributed by atoms with Gasteiger partial charge in [0.25, 0.3) is 0 Å². The van der Waals surface area contributed by atoms with Gasteiger partial charge in [0.1, 0.15) is 24.2 Å². The number of rotatable bonds is 2. The molecule has 4 aromatic rings. The molecule has 2 aromatic carbocycles. The number of nitrogens with zero attached hydrogens (tertiary/aromatic N) is 4. The molecule has 0 spiro atoms. The molecular weight excluding hydrogens is 410 g/mol. The Labute approximate surface area is 184 Å². The Morgan fingerprint density at radius 3 is 2.81 bits per heavy atom. The van der Waals surface area contributed by atoms with Gasteiger partial charge in [0.05, 0.1) is 5.70 Å². The third-order valence-corrected chi connectivity index (χ3v) is 5.96. The summed E-state index contributed by atoms with van der Waals surface area (Å²) < 4.78 is 8.49. The van der Waals surface area contributed by atoms with E-state index < -0.39 is 0 Å². The summed E-state index contributed by atoms with van der Waals surface area (Å²) in [4.78, 5) is 8.81. The molecule has 31 heavy (non-hydrogen) atoms. The van der Waals surface area contributed by atoms with Gasteiger partial charge in [-0.15, -0.1) is 0 Å². The normalized spacial score (nSPS) is 19.0. The highest BCUT2D eigenvalue weighted by Crippen LogP contribution is 2.50. The first kappa shape index (κ1) is 18.2. The van der Waals surface area contributed by atoms with E-state index in [0.717, 1.165) is 39.3 Å². The fraction of sp³-hybridized carbons (Fsp3) is 0.125. The number of aromatic nitrogens is 4. The number of hydrogen-bond acceptors (Lipinski definition) is 5. The maximum atomic E-state index is 6.60. The van der Waals surface area contributed by atoms with Crippen LogP contribution < -0.4 is 10.1 Å². The fourth-order valence-corrected chi connectivity index (χ4v) is 4.59. The number of benzene rings is 2. The monoisotopic (exact) mass is 427 g/mol. The van der Waals surface area contributed by atoms with E-state index in [9.17, 15) is 0 Å². The van der Waals surface area contributed by atoms with E-state index in [1.165, 1.54) is 0 Å². The van der Waals surface area contributed by atoms with E-state index in [1.807, 2.05) is 47.3 Å². The molecule has 2 aliphatic rings. The van der Waals surface area contributed by atoms with Gasteiger partial charge < -0.3 is 10.1 Å². The standard InChI is InChI=1S/C24H18ClN5O/c1-14-7-8-19-18(10-14)21-20(23(31-19)15-4-2-6-17(25)11-15)22(16-5-3-9-26-12-16)30-24(29-21)27-13-28-30/h2-13,22-23H,1H3,(H,27,28,29)/t22-,23+/m0/s1. The quantitative estimate of drug-likeness (QED) is 0.476. The number of nitrogens with one attached hydrogen (secondary N) is 1. The third kappa shape index (κ3) is 2.91. The minimum atomic E-state index is -0.348. The Balaban J connectivity index is 1.65. The van der Waals surface area contributed by atoms with E-state index in [1.54, 1.807) is 12.5 Å². The topological polar surface area (TPSA) is 64.9 Å². The van der Waals surface area contributed by atoms with Crippen LogP contribution in [0.4, 0.5) is 5.95 Å². The van der Waals surface area contributed by atoms with E-state index in [2.05, 4.69) is 45.5 Å². The molecule has 6 rings (SSSR count). The van der Waals surface area contributed by atoms with E-state index >= 15 is 0 Å². The van der Waals surface area contributed by atoms with E-state index in [4.69, 9.17) is 16.3 Å². The summed E-state index contributed by atoms with van der Waals surface area (Å²) in [6.45, 7) is 2.08. The van der Waals surface area contributed by atoms with Crippen molar-refractivity contribution < 1.29 is 4.74 Å².